The molecule has 0 aliphatic rings. The average molecular weight is 244 g/mol. The maximum absolute atomic E-state index is 11.5. The van der Waals surface area contributed by atoms with Crippen LogP contribution in [0.25, 0.3) is 0 Å². The van der Waals surface area contributed by atoms with E-state index in [0.717, 1.165) is 0 Å². The SMILES string of the molecule is CC(CO)CNC(=O)CCNC(=O)C(C)(C)C. The van der Waals surface area contributed by atoms with E-state index >= 15 is 0 Å². The zero-order valence-electron chi connectivity index (χ0n) is 11.2. The minimum atomic E-state index is -0.429. The highest BCUT2D eigenvalue weighted by atomic mass is 16.3. The average Bonchev–Trinajstić information content (AvgIpc) is 2.24. The van der Waals surface area contributed by atoms with Crippen LogP contribution in [0, 0.1) is 11.3 Å². The Morgan fingerprint density at radius 1 is 1.24 bits per heavy atom. The highest BCUT2D eigenvalue weighted by Crippen LogP contribution is 2.11. The number of aliphatic hydroxyl groups is 1. The molecule has 1 atom stereocenters. The number of rotatable bonds is 6. The van der Waals surface area contributed by atoms with E-state index in [2.05, 4.69) is 10.6 Å². The molecule has 5 nitrogen and oxygen atoms in total. The smallest absolute Gasteiger partial charge is 0.225 e. The van der Waals surface area contributed by atoms with Crippen LogP contribution in [0.5, 0.6) is 0 Å². The van der Waals surface area contributed by atoms with Gasteiger partial charge in [0.1, 0.15) is 0 Å². The summed E-state index contributed by atoms with van der Waals surface area (Å²) in [5.74, 6) is -0.114. The Morgan fingerprint density at radius 3 is 2.29 bits per heavy atom. The fraction of sp³-hybridized carbons (Fsp3) is 0.833. The molecular formula is C12H24N2O3. The zero-order valence-corrected chi connectivity index (χ0v) is 11.2. The Morgan fingerprint density at radius 2 is 1.82 bits per heavy atom. The molecule has 0 spiro atoms. The van der Waals surface area contributed by atoms with Crippen LogP contribution >= 0.6 is 0 Å². The lowest BCUT2D eigenvalue weighted by atomic mass is 9.96. The molecule has 0 rings (SSSR count). The normalized spacial score (nSPS) is 13.0. The van der Waals surface area contributed by atoms with Gasteiger partial charge in [-0.1, -0.05) is 27.7 Å². The van der Waals surface area contributed by atoms with Gasteiger partial charge in [-0.2, -0.15) is 0 Å². The zero-order chi connectivity index (χ0) is 13.5. The largest absolute Gasteiger partial charge is 0.396 e. The number of nitrogens with one attached hydrogen (secondary N) is 2. The predicted octanol–water partition coefficient (Wildman–Crippen LogP) is 0.283. The van der Waals surface area contributed by atoms with Crippen LogP contribution in [0.1, 0.15) is 34.1 Å². The first-order valence-electron chi connectivity index (χ1n) is 5.93. The van der Waals surface area contributed by atoms with Gasteiger partial charge in [-0.3, -0.25) is 9.59 Å². The third-order valence-corrected chi connectivity index (χ3v) is 2.28. The molecule has 0 fully saturated rings. The molecule has 0 aliphatic heterocycles. The second kappa shape index (κ2) is 7.27. The summed E-state index contributed by atoms with van der Waals surface area (Å²) in [6.45, 7) is 8.18. The van der Waals surface area contributed by atoms with Gasteiger partial charge >= 0.3 is 0 Å². The van der Waals surface area contributed by atoms with Crippen LogP contribution in [0.3, 0.4) is 0 Å². The first-order valence-corrected chi connectivity index (χ1v) is 5.93. The Bertz CT molecular complexity index is 259. The van der Waals surface area contributed by atoms with E-state index in [0.29, 0.717) is 13.1 Å². The molecule has 0 heterocycles. The lowest BCUT2D eigenvalue weighted by molar-refractivity contribution is -0.128. The Hall–Kier alpha value is -1.10. The van der Waals surface area contributed by atoms with Crippen LogP contribution in [-0.4, -0.2) is 36.6 Å². The molecule has 5 heteroatoms. The van der Waals surface area contributed by atoms with Crippen molar-refractivity contribution in [3.05, 3.63) is 0 Å². The van der Waals surface area contributed by atoms with E-state index < -0.39 is 5.41 Å². The van der Waals surface area contributed by atoms with Gasteiger partial charge in [0.05, 0.1) is 0 Å². The lowest BCUT2D eigenvalue weighted by Gasteiger charge is -2.17. The monoisotopic (exact) mass is 244 g/mol. The topological polar surface area (TPSA) is 78.4 Å². The molecular weight excluding hydrogens is 220 g/mol. The first-order chi connectivity index (χ1) is 7.77. The Balaban J connectivity index is 3.69. The molecule has 0 radical (unpaired) electrons. The fourth-order valence-corrected chi connectivity index (χ4v) is 0.996. The summed E-state index contributed by atoms with van der Waals surface area (Å²) >= 11 is 0. The van der Waals surface area contributed by atoms with Crippen molar-refractivity contribution in [3.63, 3.8) is 0 Å². The Labute approximate surface area is 103 Å². The summed E-state index contributed by atoms with van der Waals surface area (Å²) in [6, 6.07) is 0. The van der Waals surface area contributed by atoms with E-state index in [1.54, 1.807) is 0 Å². The van der Waals surface area contributed by atoms with E-state index in [4.69, 9.17) is 5.11 Å². The van der Waals surface area contributed by atoms with Gasteiger partial charge in [0.25, 0.3) is 0 Å². The molecule has 3 N–H and O–H groups in total. The van der Waals surface area contributed by atoms with Crippen molar-refractivity contribution in [3.8, 4) is 0 Å². The van der Waals surface area contributed by atoms with Crippen molar-refractivity contribution in [1.82, 2.24) is 10.6 Å². The standard InChI is InChI=1S/C12H24N2O3/c1-9(8-15)7-14-10(16)5-6-13-11(17)12(2,3)4/h9,15H,5-8H2,1-4H3,(H,13,17)(H,14,16). The third kappa shape index (κ3) is 7.74. The summed E-state index contributed by atoms with van der Waals surface area (Å²) in [6.07, 6.45) is 0.264. The van der Waals surface area contributed by atoms with Gasteiger partial charge in [0.15, 0.2) is 0 Å². The van der Waals surface area contributed by atoms with E-state index in [1.165, 1.54) is 0 Å². The molecule has 0 aromatic rings. The number of carbonyl (C=O) groups is 2. The minimum absolute atomic E-state index is 0.0566. The van der Waals surface area contributed by atoms with Gasteiger partial charge < -0.3 is 15.7 Å². The van der Waals surface area contributed by atoms with Crippen LogP contribution in [0.4, 0.5) is 0 Å². The second-order valence-electron chi connectivity index (χ2n) is 5.35. The molecule has 0 saturated heterocycles. The second-order valence-corrected chi connectivity index (χ2v) is 5.35. The summed E-state index contributed by atoms with van der Waals surface area (Å²) in [7, 11) is 0. The minimum Gasteiger partial charge on any atom is -0.396 e. The molecule has 0 saturated carbocycles. The summed E-state index contributed by atoms with van der Waals surface area (Å²) in [5.41, 5.74) is -0.429. The van der Waals surface area contributed by atoms with E-state index in [-0.39, 0.29) is 30.8 Å². The predicted molar refractivity (Wildman–Crippen MR) is 66.3 cm³/mol. The Kier molecular flexibility index (Phi) is 6.80. The van der Waals surface area contributed by atoms with Crippen molar-refractivity contribution < 1.29 is 14.7 Å². The summed E-state index contributed by atoms with van der Waals surface area (Å²) in [4.78, 5) is 22.8. The van der Waals surface area contributed by atoms with Crippen molar-refractivity contribution in [2.45, 2.75) is 34.1 Å². The summed E-state index contributed by atoms with van der Waals surface area (Å²) in [5, 5.41) is 14.2. The highest BCUT2D eigenvalue weighted by Gasteiger charge is 2.20. The molecule has 2 amide bonds. The molecule has 0 bridgehead atoms. The fourth-order valence-electron chi connectivity index (χ4n) is 0.996. The van der Waals surface area contributed by atoms with Crippen molar-refractivity contribution in [2.24, 2.45) is 11.3 Å². The van der Waals surface area contributed by atoms with Gasteiger partial charge in [0.2, 0.25) is 11.8 Å². The van der Waals surface area contributed by atoms with Crippen LogP contribution < -0.4 is 10.6 Å². The van der Waals surface area contributed by atoms with Crippen molar-refractivity contribution in [1.29, 1.82) is 0 Å². The molecule has 0 aromatic carbocycles. The summed E-state index contributed by atoms with van der Waals surface area (Å²) < 4.78 is 0. The number of amides is 2. The van der Waals surface area contributed by atoms with Gasteiger partial charge in [-0.15, -0.1) is 0 Å². The molecule has 17 heavy (non-hydrogen) atoms. The third-order valence-electron chi connectivity index (χ3n) is 2.28. The van der Waals surface area contributed by atoms with Crippen LogP contribution in [-0.2, 0) is 9.59 Å². The maximum atomic E-state index is 11.5. The number of hydrogen-bond donors (Lipinski definition) is 3. The van der Waals surface area contributed by atoms with Crippen LogP contribution in [0.15, 0.2) is 0 Å². The molecule has 0 aliphatic carbocycles. The highest BCUT2D eigenvalue weighted by molar-refractivity contribution is 5.82. The molecule has 100 valence electrons. The van der Waals surface area contributed by atoms with Crippen molar-refractivity contribution >= 4 is 11.8 Å². The first kappa shape index (κ1) is 15.9. The van der Waals surface area contributed by atoms with Gasteiger partial charge in [-0.25, -0.2) is 0 Å². The number of aliphatic hydroxyl groups excluding tert-OH is 1. The van der Waals surface area contributed by atoms with Crippen LogP contribution in [0.2, 0.25) is 0 Å². The molecule has 0 aromatic heterocycles. The number of carbonyl (C=O) groups excluding carboxylic acids is 2. The maximum Gasteiger partial charge on any atom is 0.225 e. The van der Waals surface area contributed by atoms with E-state index in [9.17, 15) is 9.59 Å². The van der Waals surface area contributed by atoms with Gasteiger partial charge in [-0.05, 0) is 5.92 Å². The van der Waals surface area contributed by atoms with Crippen molar-refractivity contribution in [2.75, 3.05) is 19.7 Å². The quantitative estimate of drug-likeness (QED) is 0.628. The molecule has 1 unspecified atom stereocenters. The van der Waals surface area contributed by atoms with Gasteiger partial charge in [0, 0.05) is 31.5 Å². The van der Waals surface area contributed by atoms with E-state index in [1.807, 2.05) is 27.7 Å². The lowest BCUT2D eigenvalue weighted by Crippen LogP contribution is -2.38. The number of hydrogen-bond acceptors (Lipinski definition) is 3.